The van der Waals surface area contributed by atoms with Crippen molar-refractivity contribution in [3.8, 4) is 0 Å². The second-order valence-corrected chi connectivity index (χ2v) is 7.08. The van der Waals surface area contributed by atoms with Crippen LogP contribution in [0.25, 0.3) is 0 Å². The van der Waals surface area contributed by atoms with Crippen molar-refractivity contribution in [2.75, 3.05) is 18.8 Å². The van der Waals surface area contributed by atoms with Gasteiger partial charge in [0.1, 0.15) is 5.82 Å². The normalized spacial score (nSPS) is 15.3. The predicted octanol–water partition coefficient (Wildman–Crippen LogP) is 3.12. The van der Waals surface area contributed by atoms with E-state index in [2.05, 4.69) is 33.9 Å². The van der Waals surface area contributed by atoms with E-state index in [9.17, 15) is 0 Å². The van der Waals surface area contributed by atoms with Crippen LogP contribution in [-0.4, -0.2) is 33.6 Å². The Labute approximate surface area is 127 Å². The highest BCUT2D eigenvalue weighted by atomic mass is 32.2. The number of fused-ring (bicyclic) bond motifs is 1. The molecule has 0 radical (unpaired) electrons. The quantitative estimate of drug-likeness (QED) is 0.591. The molecule has 0 amide bonds. The number of nitrogens with one attached hydrogen (secondary N) is 1. The van der Waals surface area contributed by atoms with Crippen molar-refractivity contribution in [2.45, 2.75) is 64.1 Å². The zero-order chi connectivity index (χ0) is 14.2. The van der Waals surface area contributed by atoms with Crippen molar-refractivity contribution >= 4 is 11.8 Å². The summed E-state index contributed by atoms with van der Waals surface area (Å²) in [6.45, 7) is 7.88. The third-order valence-electron chi connectivity index (χ3n) is 3.61. The standard InChI is InChI=1S/C15H28N4S/c1-13(2)12-16-9-5-7-11-20-15-18-17-14-8-4-3-6-10-19(14)15/h13,16H,3-12H2,1-2H3. The van der Waals surface area contributed by atoms with Crippen LogP contribution in [-0.2, 0) is 13.0 Å². The molecule has 0 spiro atoms. The lowest BCUT2D eigenvalue weighted by Crippen LogP contribution is -2.20. The lowest BCUT2D eigenvalue weighted by molar-refractivity contribution is 0.541. The Morgan fingerprint density at radius 1 is 1.20 bits per heavy atom. The van der Waals surface area contributed by atoms with Gasteiger partial charge in [0.15, 0.2) is 5.16 Å². The minimum absolute atomic E-state index is 0.746. The van der Waals surface area contributed by atoms with Crippen LogP contribution in [0.2, 0.25) is 0 Å². The molecule has 1 aromatic rings. The van der Waals surface area contributed by atoms with E-state index in [-0.39, 0.29) is 0 Å². The molecule has 0 saturated heterocycles. The summed E-state index contributed by atoms with van der Waals surface area (Å²) in [5.74, 6) is 3.10. The smallest absolute Gasteiger partial charge is 0.191 e. The Morgan fingerprint density at radius 3 is 2.95 bits per heavy atom. The van der Waals surface area contributed by atoms with E-state index in [1.54, 1.807) is 0 Å². The van der Waals surface area contributed by atoms with Gasteiger partial charge in [0.2, 0.25) is 0 Å². The average molecular weight is 296 g/mol. The van der Waals surface area contributed by atoms with Crippen molar-refractivity contribution in [1.29, 1.82) is 0 Å². The first-order chi connectivity index (χ1) is 9.77. The maximum atomic E-state index is 4.36. The van der Waals surface area contributed by atoms with E-state index < -0.39 is 0 Å². The van der Waals surface area contributed by atoms with Crippen LogP contribution < -0.4 is 5.32 Å². The summed E-state index contributed by atoms with van der Waals surface area (Å²) in [6, 6.07) is 0. The highest BCUT2D eigenvalue weighted by Gasteiger charge is 2.14. The Bertz CT molecular complexity index is 389. The fraction of sp³-hybridized carbons (Fsp3) is 0.867. The minimum Gasteiger partial charge on any atom is -0.316 e. The molecule has 1 aromatic heterocycles. The fourth-order valence-corrected chi connectivity index (χ4v) is 3.45. The second kappa shape index (κ2) is 8.67. The first kappa shape index (κ1) is 15.8. The van der Waals surface area contributed by atoms with Gasteiger partial charge in [-0.2, -0.15) is 0 Å². The van der Waals surface area contributed by atoms with Gasteiger partial charge in [-0.1, -0.05) is 32.0 Å². The summed E-state index contributed by atoms with van der Waals surface area (Å²) in [5, 5.41) is 13.3. The zero-order valence-corrected chi connectivity index (χ0v) is 13.7. The van der Waals surface area contributed by atoms with E-state index in [0.29, 0.717) is 0 Å². The number of rotatable bonds is 8. The van der Waals surface area contributed by atoms with Gasteiger partial charge in [-0.05, 0) is 44.7 Å². The molecule has 1 aliphatic rings. The average Bonchev–Trinajstić information content (AvgIpc) is 2.66. The molecule has 0 bridgehead atoms. The lowest BCUT2D eigenvalue weighted by Gasteiger charge is -2.08. The lowest BCUT2D eigenvalue weighted by atomic mass is 10.2. The molecule has 0 fully saturated rings. The molecule has 5 heteroatoms. The van der Waals surface area contributed by atoms with Crippen LogP contribution in [0.1, 0.15) is 51.8 Å². The molecule has 0 saturated carbocycles. The predicted molar refractivity (Wildman–Crippen MR) is 85.2 cm³/mol. The molecule has 2 rings (SSSR count). The van der Waals surface area contributed by atoms with Crippen LogP contribution in [0.3, 0.4) is 0 Å². The van der Waals surface area contributed by atoms with Gasteiger partial charge in [-0.3, -0.25) is 0 Å². The first-order valence-electron chi connectivity index (χ1n) is 8.03. The van der Waals surface area contributed by atoms with Crippen molar-refractivity contribution in [1.82, 2.24) is 20.1 Å². The molecule has 20 heavy (non-hydrogen) atoms. The van der Waals surface area contributed by atoms with Crippen LogP contribution in [0, 0.1) is 5.92 Å². The second-order valence-electron chi connectivity index (χ2n) is 6.01. The Balaban J connectivity index is 1.63. The molecule has 1 N–H and O–H groups in total. The number of aromatic nitrogens is 3. The molecule has 114 valence electrons. The molecular weight excluding hydrogens is 268 g/mol. The number of hydrogen-bond donors (Lipinski definition) is 1. The molecule has 4 nitrogen and oxygen atoms in total. The van der Waals surface area contributed by atoms with E-state index in [1.807, 2.05) is 11.8 Å². The monoisotopic (exact) mass is 296 g/mol. The Morgan fingerprint density at radius 2 is 2.10 bits per heavy atom. The molecular formula is C15H28N4S. The van der Waals surface area contributed by atoms with Crippen LogP contribution in [0.15, 0.2) is 5.16 Å². The molecule has 0 unspecified atom stereocenters. The Hall–Kier alpha value is -0.550. The SMILES string of the molecule is CC(C)CNCCCCSc1nnc2n1CCCCC2. The summed E-state index contributed by atoms with van der Waals surface area (Å²) in [4.78, 5) is 0. The molecule has 2 heterocycles. The van der Waals surface area contributed by atoms with Crippen molar-refractivity contribution in [2.24, 2.45) is 5.92 Å². The van der Waals surface area contributed by atoms with Gasteiger partial charge in [0.05, 0.1) is 0 Å². The van der Waals surface area contributed by atoms with Gasteiger partial charge >= 0.3 is 0 Å². The van der Waals surface area contributed by atoms with Gasteiger partial charge in [0, 0.05) is 18.7 Å². The highest BCUT2D eigenvalue weighted by Crippen LogP contribution is 2.22. The molecule has 0 atom stereocenters. The third-order valence-corrected chi connectivity index (χ3v) is 4.66. The maximum absolute atomic E-state index is 4.36. The summed E-state index contributed by atoms with van der Waals surface area (Å²) in [6.07, 6.45) is 7.47. The van der Waals surface area contributed by atoms with E-state index >= 15 is 0 Å². The van der Waals surface area contributed by atoms with Gasteiger partial charge in [-0.15, -0.1) is 10.2 Å². The van der Waals surface area contributed by atoms with Crippen molar-refractivity contribution < 1.29 is 0 Å². The van der Waals surface area contributed by atoms with Crippen molar-refractivity contribution in [3.63, 3.8) is 0 Å². The largest absolute Gasteiger partial charge is 0.316 e. The summed E-state index contributed by atoms with van der Waals surface area (Å²) >= 11 is 1.88. The number of nitrogens with zero attached hydrogens (tertiary/aromatic N) is 3. The number of aryl methyl sites for hydroxylation is 1. The van der Waals surface area contributed by atoms with E-state index in [1.165, 1.54) is 37.9 Å². The fourth-order valence-electron chi connectivity index (χ4n) is 2.47. The number of thioether (sulfide) groups is 1. The topological polar surface area (TPSA) is 42.7 Å². The van der Waals surface area contributed by atoms with Gasteiger partial charge in [-0.25, -0.2) is 0 Å². The van der Waals surface area contributed by atoms with Gasteiger partial charge in [0.25, 0.3) is 0 Å². The highest BCUT2D eigenvalue weighted by molar-refractivity contribution is 7.99. The van der Waals surface area contributed by atoms with Crippen LogP contribution in [0.4, 0.5) is 0 Å². The summed E-state index contributed by atoms with van der Waals surface area (Å²) < 4.78 is 2.34. The molecule has 1 aliphatic heterocycles. The third kappa shape index (κ3) is 5.09. The number of unbranched alkanes of at least 4 members (excludes halogenated alkanes) is 1. The van der Waals surface area contributed by atoms with Crippen molar-refractivity contribution in [3.05, 3.63) is 5.82 Å². The maximum Gasteiger partial charge on any atom is 0.191 e. The van der Waals surface area contributed by atoms with E-state index in [4.69, 9.17) is 0 Å². The zero-order valence-electron chi connectivity index (χ0n) is 12.9. The molecule has 0 aliphatic carbocycles. The Kier molecular flexibility index (Phi) is 6.87. The number of hydrogen-bond acceptors (Lipinski definition) is 4. The first-order valence-corrected chi connectivity index (χ1v) is 9.01. The summed E-state index contributed by atoms with van der Waals surface area (Å²) in [7, 11) is 0. The van der Waals surface area contributed by atoms with Crippen LogP contribution in [0.5, 0.6) is 0 Å². The van der Waals surface area contributed by atoms with Gasteiger partial charge < -0.3 is 9.88 Å². The van der Waals surface area contributed by atoms with Crippen LogP contribution >= 0.6 is 11.8 Å². The minimum atomic E-state index is 0.746. The van der Waals surface area contributed by atoms with E-state index in [0.717, 1.165) is 42.9 Å². The summed E-state index contributed by atoms with van der Waals surface area (Å²) in [5.41, 5.74) is 0. The molecule has 0 aromatic carbocycles.